The second-order valence-electron chi connectivity index (χ2n) is 5.38. The molecule has 0 atom stereocenters. The number of nitrogens with one attached hydrogen (secondary N) is 1. The van der Waals surface area contributed by atoms with Gasteiger partial charge in [-0.15, -0.1) is 0 Å². The van der Waals surface area contributed by atoms with Gasteiger partial charge in [-0.2, -0.15) is 0 Å². The van der Waals surface area contributed by atoms with E-state index in [1.165, 1.54) is 0 Å². The zero-order chi connectivity index (χ0) is 15.2. The standard InChI is InChI=1S/C15H23BN2O3/c1-3-21-15(19)12-4-6-13(7-5-12)17-14-8-10-18(11-9-14)16(2)20/h4-7,14,17,20H,3,8-11H2,1-2H3. The van der Waals surface area contributed by atoms with Crippen molar-refractivity contribution >= 4 is 18.7 Å². The van der Waals surface area contributed by atoms with Crippen molar-refractivity contribution in [3.63, 3.8) is 0 Å². The van der Waals surface area contributed by atoms with Crippen LogP contribution in [0.5, 0.6) is 0 Å². The Hall–Kier alpha value is -1.53. The normalized spacial score (nSPS) is 16.5. The summed E-state index contributed by atoms with van der Waals surface area (Å²) < 4.78 is 4.96. The van der Waals surface area contributed by atoms with Crippen LogP contribution in [0.4, 0.5) is 5.69 Å². The molecule has 1 aromatic carbocycles. The van der Waals surface area contributed by atoms with E-state index in [0.717, 1.165) is 31.6 Å². The number of carbonyl (C=O) groups excluding carboxylic acids is 1. The minimum absolute atomic E-state index is 0.283. The van der Waals surface area contributed by atoms with Gasteiger partial charge in [-0.3, -0.25) is 0 Å². The molecule has 0 unspecified atom stereocenters. The highest BCUT2D eigenvalue weighted by atomic mass is 16.5. The number of esters is 1. The lowest BCUT2D eigenvalue weighted by Crippen LogP contribution is -2.45. The Balaban J connectivity index is 1.85. The van der Waals surface area contributed by atoms with E-state index in [1.807, 2.05) is 19.0 Å². The molecule has 1 fully saturated rings. The highest BCUT2D eigenvalue weighted by molar-refractivity contribution is 6.45. The monoisotopic (exact) mass is 290 g/mol. The number of piperidine rings is 1. The van der Waals surface area contributed by atoms with Gasteiger partial charge >= 0.3 is 13.0 Å². The minimum atomic E-state index is -0.366. The number of hydrogen-bond acceptors (Lipinski definition) is 5. The SMILES string of the molecule is CCOC(=O)c1ccc(NC2CCN(B(C)O)CC2)cc1. The first kappa shape index (κ1) is 15.9. The van der Waals surface area contributed by atoms with Gasteiger partial charge in [0, 0.05) is 11.7 Å². The zero-order valence-corrected chi connectivity index (χ0v) is 12.7. The van der Waals surface area contributed by atoms with Crippen LogP contribution in [0.15, 0.2) is 24.3 Å². The van der Waals surface area contributed by atoms with Gasteiger partial charge < -0.3 is 19.9 Å². The molecule has 0 bridgehead atoms. The molecular formula is C15H23BN2O3. The Morgan fingerprint density at radius 2 is 2.00 bits per heavy atom. The molecule has 1 heterocycles. The molecule has 0 amide bonds. The average molecular weight is 290 g/mol. The molecule has 0 saturated carbocycles. The first-order valence-corrected chi connectivity index (χ1v) is 7.56. The highest BCUT2D eigenvalue weighted by Gasteiger charge is 2.23. The Bertz CT molecular complexity index is 456. The molecule has 1 aromatic rings. The van der Waals surface area contributed by atoms with Crippen LogP contribution in [0, 0.1) is 0 Å². The van der Waals surface area contributed by atoms with Gasteiger partial charge in [-0.05, 0) is 63.9 Å². The number of benzene rings is 1. The molecule has 0 aromatic heterocycles. The van der Waals surface area contributed by atoms with Gasteiger partial charge in [0.2, 0.25) is 0 Å². The zero-order valence-electron chi connectivity index (χ0n) is 12.7. The summed E-state index contributed by atoms with van der Waals surface area (Å²) in [6.07, 6.45) is 2.01. The summed E-state index contributed by atoms with van der Waals surface area (Å²) in [7, 11) is -0.366. The molecule has 1 aliphatic heterocycles. The summed E-state index contributed by atoms with van der Waals surface area (Å²) >= 11 is 0. The fourth-order valence-corrected chi connectivity index (χ4v) is 2.57. The molecule has 21 heavy (non-hydrogen) atoms. The summed E-state index contributed by atoms with van der Waals surface area (Å²) in [5, 5.41) is 13.0. The Morgan fingerprint density at radius 3 is 2.52 bits per heavy atom. The summed E-state index contributed by atoms with van der Waals surface area (Å²) in [6, 6.07) is 7.80. The van der Waals surface area contributed by atoms with Gasteiger partial charge in [-0.25, -0.2) is 4.79 Å². The van der Waals surface area contributed by atoms with Crippen molar-refractivity contribution in [3.05, 3.63) is 29.8 Å². The predicted molar refractivity (Wildman–Crippen MR) is 84.5 cm³/mol. The molecule has 0 aliphatic carbocycles. The number of rotatable bonds is 5. The van der Waals surface area contributed by atoms with Crippen LogP contribution in [0.25, 0.3) is 0 Å². The highest BCUT2D eigenvalue weighted by Crippen LogP contribution is 2.18. The van der Waals surface area contributed by atoms with Gasteiger partial charge in [0.15, 0.2) is 0 Å². The molecule has 0 radical (unpaired) electrons. The lowest BCUT2D eigenvalue weighted by atomic mass is 9.82. The van der Waals surface area contributed by atoms with Crippen LogP contribution in [-0.2, 0) is 4.74 Å². The van der Waals surface area contributed by atoms with E-state index >= 15 is 0 Å². The maximum absolute atomic E-state index is 11.6. The smallest absolute Gasteiger partial charge is 0.376 e. The maximum atomic E-state index is 11.6. The fourth-order valence-electron chi connectivity index (χ4n) is 2.57. The van der Waals surface area contributed by atoms with Crippen LogP contribution < -0.4 is 5.32 Å². The molecule has 5 nitrogen and oxygen atoms in total. The van der Waals surface area contributed by atoms with E-state index in [1.54, 1.807) is 19.1 Å². The van der Waals surface area contributed by atoms with E-state index in [-0.39, 0.29) is 13.0 Å². The number of hydrogen-bond donors (Lipinski definition) is 2. The summed E-state index contributed by atoms with van der Waals surface area (Å²) in [5.74, 6) is -0.283. The molecule has 114 valence electrons. The Labute approximate surface area is 126 Å². The lowest BCUT2D eigenvalue weighted by Gasteiger charge is -2.33. The van der Waals surface area contributed by atoms with Gasteiger partial charge in [0.05, 0.1) is 12.2 Å². The van der Waals surface area contributed by atoms with Gasteiger partial charge in [-0.1, -0.05) is 0 Å². The molecule has 6 heteroatoms. The number of anilines is 1. The van der Waals surface area contributed by atoms with E-state index in [0.29, 0.717) is 18.2 Å². The van der Waals surface area contributed by atoms with Crippen molar-refractivity contribution < 1.29 is 14.6 Å². The van der Waals surface area contributed by atoms with E-state index < -0.39 is 0 Å². The van der Waals surface area contributed by atoms with Gasteiger partial charge in [0.25, 0.3) is 0 Å². The van der Waals surface area contributed by atoms with E-state index in [9.17, 15) is 9.82 Å². The molecule has 2 N–H and O–H groups in total. The van der Waals surface area contributed by atoms with Crippen LogP contribution in [0.2, 0.25) is 6.82 Å². The average Bonchev–Trinajstić information content (AvgIpc) is 2.49. The fraction of sp³-hybridized carbons (Fsp3) is 0.533. The summed E-state index contributed by atoms with van der Waals surface area (Å²) in [5.41, 5.74) is 1.59. The van der Waals surface area contributed by atoms with Crippen molar-refractivity contribution in [2.45, 2.75) is 32.6 Å². The summed E-state index contributed by atoms with van der Waals surface area (Å²) in [4.78, 5) is 13.6. The van der Waals surface area contributed by atoms with Crippen molar-refractivity contribution in [2.24, 2.45) is 0 Å². The minimum Gasteiger partial charge on any atom is -0.462 e. The quantitative estimate of drug-likeness (QED) is 0.640. The first-order valence-electron chi connectivity index (χ1n) is 7.56. The molecule has 1 aliphatic rings. The topological polar surface area (TPSA) is 61.8 Å². The van der Waals surface area contributed by atoms with Crippen molar-refractivity contribution in [1.29, 1.82) is 0 Å². The third-order valence-electron chi connectivity index (χ3n) is 3.82. The molecule has 1 saturated heterocycles. The van der Waals surface area contributed by atoms with Crippen LogP contribution >= 0.6 is 0 Å². The lowest BCUT2D eigenvalue weighted by molar-refractivity contribution is 0.0526. The van der Waals surface area contributed by atoms with Crippen LogP contribution in [0.3, 0.4) is 0 Å². The summed E-state index contributed by atoms with van der Waals surface area (Å²) in [6.45, 7) is 5.79. The van der Waals surface area contributed by atoms with Crippen molar-refractivity contribution in [3.8, 4) is 0 Å². The van der Waals surface area contributed by atoms with Crippen molar-refractivity contribution in [1.82, 2.24) is 4.81 Å². The van der Waals surface area contributed by atoms with E-state index in [2.05, 4.69) is 10.1 Å². The number of carbonyl (C=O) groups is 1. The first-order chi connectivity index (χ1) is 10.1. The molecule has 2 rings (SSSR count). The predicted octanol–water partition coefficient (Wildman–Crippen LogP) is 1.85. The number of nitrogens with zero attached hydrogens (tertiary/aromatic N) is 1. The van der Waals surface area contributed by atoms with Crippen LogP contribution in [-0.4, -0.2) is 48.6 Å². The van der Waals surface area contributed by atoms with Gasteiger partial charge in [0.1, 0.15) is 0 Å². The largest absolute Gasteiger partial charge is 0.462 e. The van der Waals surface area contributed by atoms with Crippen molar-refractivity contribution in [2.75, 3.05) is 25.0 Å². The molecule has 0 spiro atoms. The third-order valence-corrected chi connectivity index (χ3v) is 3.82. The van der Waals surface area contributed by atoms with Crippen LogP contribution in [0.1, 0.15) is 30.1 Å². The Morgan fingerprint density at radius 1 is 1.38 bits per heavy atom. The maximum Gasteiger partial charge on any atom is 0.376 e. The van der Waals surface area contributed by atoms with E-state index in [4.69, 9.17) is 4.74 Å². The molecular weight excluding hydrogens is 267 g/mol. The Kier molecular flexibility index (Phi) is 5.64. The number of ether oxygens (including phenoxy) is 1. The third kappa shape index (κ3) is 4.47. The second-order valence-corrected chi connectivity index (χ2v) is 5.38. The second kappa shape index (κ2) is 7.47.